The lowest BCUT2D eigenvalue weighted by molar-refractivity contribution is -0.139. The van der Waals surface area contributed by atoms with Crippen LogP contribution < -0.4 is 22.1 Å². The van der Waals surface area contributed by atoms with Gasteiger partial charge in [0.05, 0.1) is 27.8 Å². The van der Waals surface area contributed by atoms with Crippen molar-refractivity contribution in [3.05, 3.63) is 106 Å². The Bertz CT molecular complexity index is 1900. The van der Waals surface area contributed by atoms with Crippen molar-refractivity contribution < 1.29 is 62.3 Å². The average Bonchev–Trinajstić information content (AvgIpc) is 2.95. The third-order valence-corrected chi connectivity index (χ3v) is 6.67. The fourth-order valence-electron chi connectivity index (χ4n) is 4.52. The molecule has 0 radical (unpaired) electrons. The van der Waals surface area contributed by atoms with Crippen molar-refractivity contribution in [3.8, 4) is 11.1 Å². The molecule has 0 unspecified atom stereocenters. The van der Waals surface area contributed by atoms with Gasteiger partial charge in [-0.15, -0.1) is 0 Å². The van der Waals surface area contributed by atoms with E-state index in [9.17, 15) is 62.3 Å². The van der Waals surface area contributed by atoms with Gasteiger partial charge in [0.1, 0.15) is 0 Å². The van der Waals surface area contributed by atoms with E-state index >= 15 is 0 Å². The Morgan fingerprint density at radius 1 is 0.479 bits per heavy atom. The number of nitrogens with one attached hydrogen (secondary N) is 2. The van der Waals surface area contributed by atoms with Crippen molar-refractivity contribution >= 4 is 34.6 Å². The second kappa shape index (κ2) is 12.3. The summed E-state index contributed by atoms with van der Waals surface area (Å²) in [7, 11) is 0. The summed E-state index contributed by atoms with van der Waals surface area (Å²) in [6.07, 6.45) is -20.8. The first-order chi connectivity index (χ1) is 22.0. The van der Waals surface area contributed by atoms with Crippen LogP contribution in [0, 0.1) is 0 Å². The minimum atomic E-state index is -5.37. The lowest BCUT2D eigenvalue weighted by Gasteiger charge is -2.20. The van der Waals surface area contributed by atoms with Gasteiger partial charge in [-0.1, -0.05) is 12.1 Å². The maximum absolute atomic E-state index is 14.1. The molecule has 0 aliphatic rings. The van der Waals surface area contributed by atoms with E-state index in [1.807, 2.05) is 10.6 Å². The number of hydrogen-bond donors (Lipinski definition) is 4. The van der Waals surface area contributed by atoms with Gasteiger partial charge in [0.15, 0.2) is 0 Å². The van der Waals surface area contributed by atoms with Gasteiger partial charge in [-0.25, -0.2) is 0 Å². The van der Waals surface area contributed by atoms with Crippen LogP contribution in [-0.4, -0.2) is 11.8 Å². The zero-order valence-corrected chi connectivity index (χ0v) is 23.4. The fraction of sp³-hybridized carbons (Fsp3) is 0.133. The molecule has 0 bridgehead atoms. The molecule has 0 aromatic heterocycles. The summed E-state index contributed by atoms with van der Waals surface area (Å²) >= 11 is 0. The zero-order valence-electron chi connectivity index (χ0n) is 23.4. The maximum Gasteiger partial charge on any atom is 0.418 e. The summed E-state index contributed by atoms with van der Waals surface area (Å²) in [5.74, 6) is -2.80. The van der Waals surface area contributed by atoms with Crippen molar-refractivity contribution in [2.24, 2.45) is 0 Å². The maximum atomic E-state index is 14.1. The number of alkyl halides is 12. The van der Waals surface area contributed by atoms with E-state index in [-0.39, 0.29) is 17.8 Å². The van der Waals surface area contributed by atoms with Crippen LogP contribution in [0.25, 0.3) is 11.1 Å². The van der Waals surface area contributed by atoms with E-state index in [2.05, 4.69) is 0 Å². The number of carbonyl (C=O) groups excluding carboxylic acids is 2. The molecule has 6 nitrogen and oxygen atoms in total. The standard InChI is InChI=1S/C30H18F12N4O2/c31-27(32,33)20-10-14(43)2-5-19(20)26(48)46-16-4-7-18(22(12-16)29(37,38)39)17-6-3-15(11-21(17)28(34,35)36)45-25(47)13-1-8-24(44)23(9-13)30(40,41)42/h1-12H,43-44H2,(H,45,47)(H,46,48). The molecule has 254 valence electrons. The molecule has 2 amide bonds. The second-order valence-electron chi connectivity index (χ2n) is 10.0. The topological polar surface area (TPSA) is 110 Å². The highest BCUT2D eigenvalue weighted by Crippen LogP contribution is 2.45. The molecule has 0 aliphatic heterocycles. The molecule has 4 aromatic rings. The first-order valence-electron chi connectivity index (χ1n) is 13.0. The number of nitrogens with two attached hydrogens (primary N) is 2. The zero-order chi connectivity index (χ0) is 36.0. The van der Waals surface area contributed by atoms with Crippen LogP contribution in [-0.2, 0) is 24.7 Å². The van der Waals surface area contributed by atoms with E-state index in [1.54, 1.807) is 0 Å². The van der Waals surface area contributed by atoms with Gasteiger partial charge >= 0.3 is 24.7 Å². The Morgan fingerprint density at radius 3 is 1.40 bits per heavy atom. The minimum absolute atomic E-state index is 0.215. The number of anilines is 4. The Hall–Kier alpha value is -5.42. The summed E-state index contributed by atoms with van der Waals surface area (Å²) in [6.45, 7) is 0. The molecule has 4 aromatic carbocycles. The number of nitrogen functional groups attached to an aromatic ring is 2. The third kappa shape index (κ3) is 7.75. The molecular formula is C30H18F12N4O2. The predicted octanol–water partition coefficient (Wildman–Crippen LogP) is 9.10. The molecule has 0 saturated heterocycles. The molecule has 0 atom stereocenters. The summed E-state index contributed by atoms with van der Waals surface area (Å²) in [5, 5.41) is 3.81. The Kier molecular flexibility index (Phi) is 9.09. The molecule has 0 heterocycles. The first-order valence-corrected chi connectivity index (χ1v) is 13.0. The van der Waals surface area contributed by atoms with Crippen LogP contribution in [0.4, 0.5) is 75.4 Å². The van der Waals surface area contributed by atoms with Crippen molar-refractivity contribution in [2.45, 2.75) is 24.7 Å². The third-order valence-electron chi connectivity index (χ3n) is 6.67. The molecule has 0 spiro atoms. The Morgan fingerprint density at radius 2 is 0.938 bits per heavy atom. The lowest BCUT2D eigenvalue weighted by atomic mass is 9.93. The number of benzene rings is 4. The number of carbonyl (C=O) groups is 2. The second-order valence-corrected chi connectivity index (χ2v) is 10.0. The van der Waals surface area contributed by atoms with Crippen LogP contribution in [0.1, 0.15) is 43.0 Å². The number of rotatable bonds is 5. The summed E-state index contributed by atoms with van der Waals surface area (Å²) in [5.41, 5.74) is -1.94. The minimum Gasteiger partial charge on any atom is -0.399 e. The Balaban J connectivity index is 1.73. The SMILES string of the molecule is Nc1ccc(C(=O)Nc2ccc(-c3ccc(NC(=O)c4ccc(N)c(C(F)(F)F)c4)cc3C(F)(F)F)c(C(F)(F)F)c2)c(C(F)(F)F)c1. The molecule has 4 rings (SSSR count). The monoisotopic (exact) mass is 694 g/mol. The molecule has 0 fully saturated rings. The van der Waals surface area contributed by atoms with Crippen molar-refractivity contribution in [1.82, 2.24) is 0 Å². The summed E-state index contributed by atoms with van der Waals surface area (Å²) in [6, 6.07) is 7.09. The number of halogens is 12. The summed E-state index contributed by atoms with van der Waals surface area (Å²) < 4.78 is 165. The average molecular weight is 694 g/mol. The largest absolute Gasteiger partial charge is 0.418 e. The fourth-order valence-corrected chi connectivity index (χ4v) is 4.52. The van der Waals surface area contributed by atoms with E-state index in [0.717, 1.165) is 30.3 Å². The quantitative estimate of drug-likeness (QED) is 0.123. The highest BCUT2D eigenvalue weighted by atomic mass is 19.4. The highest BCUT2D eigenvalue weighted by Gasteiger charge is 2.40. The number of amides is 2. The van der Waals surface area contributed by atoms with Crippen LogP contribution in [0.5, 0.6) is 0 Å². The lowest BCUT2D eigenvalue weighted by Crippen LogP contribution is -2.19. The van der Waals surface area contributed by atoms with Gasteiger partial charge < -0.3 is 22.1 Å². The van der Waals surface area contributed by atoms with Gasteiger partial charge in [-0.3, -0.25) is 9.59 Å². The van der Waals surface area contributed by atoms with Gasteiger partial charge in [0, 0.05) is 28.3 Å². The molecule has 6 N–H and O–H groups in total. The van der Waals surface area contributed by atoms with E-state index < -0.39 is 98.1 Å². The van der Waals surface area contributed by atoms with Crippen LogP contribution in [0.15, 0.2) is 72.8 Å². The van der Waals surface area contributed by atoms with Crippen molar-refractivity contribution in [2.75, 3.05) is 22.1 Å². The van der Waals surface area contributed by atoms with E-state index in [4.69, 9.17) is 11.5 Å². The highest BCUT2D eigenvalue weighted by molar-refractivity contribution is 6.06. The van der Waals surface area contributed by atoms with Gasteiger partial charge in [-0.05, 0) is 71.8 Å². The van der Waals surface area contributed by atoms with Crippen molar-refractivity contribution in [1.29, 1.82) is 0 Å². The molecule has 0 aliphatic carbocycles. The van der Waals surface area contributed by atoms with Gasteiger partial charge in [0.25, 0.3) is 11.8 Å². The molecular weight excluding hydrogens is 676 g/mol. The predicted molar refractivity (Wildman–Crippen MR) is 150 cm³/mol. The van der Waals surface area contributed by atoms with Crippen LogP contribution in [0.3, 0.4) is 0 Å². The van der Waals surface area contributed by atoms with Gasteiger partial charge in [-0.2, -0.15) is 52.7 Å². The summed E-state index contributed by atoms with van der Waals surface area (Å²) in [4.78, 5) is 25.2. The van der Waals surface area contributed by atoms with Gasteiger partial charge in [0.2, 0.25) is 0 Å². The smallest absolute Gasteiger partial charge is 0.399 e. The first kappa shape index (κ1) is 35.4. The number of hydrogen-bond acceptors (Lipinski definition) is 4. The molecule has 48 heavy (non-hydrogen) atoms. The van der Waals surface area contributed by atoms with E-state index in [1.165, 1.54) is 0 Å². The Labute approximate surface area is 261 Å². The van der Waals surface area contributed by atoms with Crippen LogP contribution in [0.2, 0.25) is 0 Å². The van der Waals surface area contributed by atoms with Crippen LogP contribution >= 0.6 is 0 Å². The molecule has 18 heteroatoms. The van der Waals surface area contributed by atoms with E-state index in [0.29, 0.717) is 30.3 Å². The normalized spacial score (nSPS) is 12.5. The van der Waals surface area contributed by atoms with Crippen molar-refractivity contribution in [3.63, 3.8) is 0 Å². The molecule has 0 saturated carbocycles.